The van der Waals surface area contributed by atoms with Gasteiger partial charge in [0, 0.05) is 18.0 Å². The van der Waals surface area contributed by atoms with Gasteiger partial charge in [0.15, 0.2) is 5.82 Å². The molecule has 0 aliphatic heterocycles. The molecule has 0 amide bonds. The van der Waals surface area contributed by atoms with Crippen LogP contribution in [-0.2, 0) is 0 Å². The SMILES string of the molecule is Nn1c(-c2ccncc2)nc2ccccc2c1=O. The highest BCUT2D eigenvalue weighted by molar-refractivity contribution is 5.79. The summed E-state index contributed by atoms with van der Waals surface area (Å²) in [6.45, 7) is 0. The van der Waals surface area contributed by atoms with Gasteiger partial charge in [-0.1, -0.05) is 12.1 Å². The fraction of sp³-hybridized carbons (Fsp3) is 0. The van der Waals surface area contributed by atoms with E-state index in [0.29, 0.717) is 16.7 Å². The quantitative estimate of drug-likeness (QED) is 0.646. The van der Waals surface area contributed by atoms with E-state index in [-0.39, 0.29) is 5.56 Å². The molecule has 0 saturated carbocycles. The Kier molecular flexibility index (Phi) is 2.30. The van der Waals surface area contributed by atoms with E-state index in [1.807, 2.05) is 6.07 Å². The molecule has 88 valence electrons. The van der Waals surface area contributed by atoms with Gasteiger partial charge in [0.1, 0.15) is 0 Å². The van der Waals surface area contributed by atoms with Crippen molar-refractivity contribution in [3.05, 3.63) is 59.1 Å². The summed E-state index contributed by atoms with van der Waals surface area (Å²) in [4.78, 5) is 20.5. The lowest BCUT2D eigenvalue weighted by Gasteiger charge is -2.08. The highest BCUT2D eigenvalue weighted by Crippen LogP contribution is 2.15. The molecule has 0 radical (unpaired) electrons. The first-order valence-corrected chi connectivity index (χ1v) is 5.44. The number of nitrogens with two attached hydrogens (primary N) is 1. The van der Waals surface area contributed by atoms with E-state index in [9.17, 15) is 4.79 Å². The summed E-state index contributed by atoms with van der Waals surface area (Å²) >= 11 is 0. The zero-order chi connectivity index (χ0) is 12.5. The first-order chi connectivity index (χ1) is 8.77. The van der Waals surface area contributed by atoms with Crippen LogP contribution >= 0.6 is 0 Å². The van der Waals surface area contributed by atoms with Crippen molar-refractivity contribution < 1.29 is 0 Å². The molecule has 5 heteroatoms. The van der Waals surface area contributed by atoms with Crippen LogP contribution in [0.4, 0.5) is 0 Å². The van der Waals surface area contributed by atoms with Crippen molar-refractivity contribution >= 4 is 10.9 Å². The molecule has 0 aliphatic rings. The second-order valence-electron chi connectivity index (χ2n) is 3.86. The predicted molar refractivity (Wildman–Crippen MR) is 69.4 cm³/mol. The van der Waals surface area contributed by atoms with Gasteiger partial charge in [0.25, 0.3) is 5.56 Å². The third-order valence-corrected chi connectivity index (χ3v) is 2.75. The average Bonchev–Trinajstić information content (AvgIpc) is 2.44. The smallest absolute Gasteiger partial charge is 0.280 e. The minimum absolute atomic E-state index is 0.257. The molecule has 2 heterocycles. The van der Waals surface area contributed by atoms with Gasteiger partial charge in [-0.25, -0.2) is 9.66 Å². The fourth-order valence-electron chi connectivity index (χ4n) is 1.85. The van der Waals surface area contributed by atoms with Crippen LogP contribution in [0.3, 0.4) is 0 Å². The highest BCUT2D eigenvalue weighted by Gasteiger charge is 2.09. The van der Waals surface area contributed by atoms with Crippen molar-refractivity contribution in [1.82, 2.24) is 14.6 Å². The molecule has 2 N–H and O–H groups in total. The van der Waals surface area contributed by atoms with Crippen molar-refractivity contribution in [3.63, 3.8) is 0 Å². The predicted octanol–water partition coefficient (Wildman–Crippen LogP) is 1.17. The largest absolute Gasteiger partial charge is 0.334 e. The summed E-state index contributed by atoms with van der Waals surface area (Å²) in [5.74, 6) is 6.23. The molecule has 0 bridgehead atoms. The monoisotopic (exact) mass is 238 g/mol. The number of aromatic nitrogens is 3. The Labute approximate surface area is 103 Å². The lowest BCUT2D eigenvalue weighted by molar-refractivity contribution is 0.926. The minimum atomic E-state index is -0.257. The van der Waals surface area contributed by atoms with Crippen molar-refractivity contribution in [1.29, 1.82) is 0 Å². The number of hydrogen-bond acceptors (Lipinski definition) is 4. The summed E-state index contributed by atoms with van der Waals surface area (Å²) < 4.78 is 1.07. The summed E-state index contributed by atoms with van der Waals surface area (Å²) in [5, 5.41) is 0.512. The van der Waals surface area contributed by atoms with Gasteiger partial charge in [-0.05, 0) is 24.3 Å². The third-order valence-electron chi connectivity index (χ3n) is 2.75. The number of hydrogen-bond donors (Lipinski definition) is 1. The van der Waals surface area contributed by atoms with Crippen LogP contribution in [0.1, 0.15) is 0 Å². The average molecular weight is 238 g/mol. The molecule has 0 aliphatic carbocycles. The first kappa shape index (κ1) is 10.5. The number of nitrogen functional groups attached to an aromatic ring is 1. The van der Waals surface area contributed by atoms with E-state index in [2.05, 4.69) is 9.97 Å². The Morgan fingerprint density at radius 3 is 2.56 bits per heavy atom. The van der Waals surface area contributed by atoms with Crippen molar-refractivity contribution in [3.8, 4) is 11.4 Å². The molecule has 0 saturated heterocycles. The van der Waals surface area contributed by atoms with Crippen LogP contribution < -0.4 is 11.4 Å². The lowest BCUT2D eigenvalue weighted by atomic mass is 10.2. The van der Waals surface area contributed by atoms with Gasteiger partial charge < -0.3 is 5.84 Å². The molecule has 18 heavy (non-hydrogen) atoms. The van der Waals surface area contributed by atoms with E-state index in [4.69, 9.17) is 5.84 Å². The standard InChI is InChI=1S/C13H10N4O/c14-17-12(9-5-7-15-8-6-9)16-11-4-2-1-3-10(11)13(17)18/h1-8H,14H2. The number of nitrogens with zero attached hydrogens (tertiary/aromatic N) is 3. The number of fused-ring (bicyclic) bond motifs is 1. The van der Waals surface area contributed by atoms with Crippen molar-refractivity contribution in [2.24, 2.45) is 0 Å². The maximum atomic E-state index is 12.1. The summed E-state index contributed by atoms with van der Waals surface area (Å²) in [6, 6.07) is 10.7. The number of pyridine rings is 1. The van der Waals surface area contributed by atoms with E-state index < -0.39 is 0 Å². The lowest BCUT2D eigenvalue weighted by Crippen LogP contribution is -2.29. The molecule has 3 rings (SSSR count). The van der Waals surface area contributed by atoms with E-state index in [1.165, 1.54) is 0 Å². The van der Waals surface area contributed by atoms with Gasteiger partial charge in [0.2, 0.25) is 0 Å². The number of rotatable bonds is 1. The second-order valence-corrected chi connectivity index (χ2v) is 3.86. The molecule has 2 aromatic heterocycles. The van der Waals surface area contributed by atoms with E-state index in [0.717, 1.165) is 10.2 Å². The molecule has 3 aromatic rings. The second kappa shape index (κ2) is 3.96. The highest BCUT2D eigenvalue weighted by atomic mass is 16.1. The van der Waals surface area contributed by atoms with Crippen molar-refractivity contribution in [2.45, 2.75) is 0 Å². The molecular weight excluding hydrogens is 228 g/mol. The molecule has 0 spiro atoms. The first-order valence-electron chi connectivity index (χ1n) is 5.44. The normalized spacial score (nSPS) is 10.7. The van der Waals surface area contributed by atoms with Gasteiger partial charge in [-0.15, -0.1) is 0 Å². The van der Waals surface area contributed by atoms with Crippen LogP contribution in [0.2, 0.25) is 0 Å². The zero-order valence-corrected chi connectivity index (χ0v) is 9.45. The topological polar surface area (TPSA) is 73.8 Å². The number of para-hydroxylation sites is 1. The maximum absolute atomic E-state index is 12.1. The Morgan fingerprint density at radius 2 is 1.78 bits per heavy atom. The van der Waals surface area contributed by atoms with Gasteiger partial charge in [0.05, 0.1) is 10.9 Å². The molecule has 1 aromatic carbocycles. The van der Waals surface area contributed by atoms with E-state index >= 15 is 0 Å². The summed E-state index contributed by atoms with van der Waals surface area (Å²) in [5.41, 5.74) is 1.14. The Bertz CT molecular complexity index is 765. The van der Waals surface area contributed by atoms with Gasteiger partial charge >= 0.3 is 0 Å². The van der Waals surface area contributed by atoms with Crippen LogP contribution in [0.5, 0.6) is 0 Å². The number of benzene rings is 1. The summed E-state index contributed by atoms with van der Waals surface area (Å²) in [6.07, 6.45) is 3.27. The maximum Gasteiger partial charge on any atom is 0.280 e. The van der Waals surface area contributed by atoms with Gasteiger partial charge in [-0.3, -0.25) is 9.78 Å². The van der Waals surface area contributed by atoms with Crippen LogP contribution in [0, 0.1) is 0 Å². The third kappa shape index (κ3) is 1.53. The molecule has 0 unspecified atom stereocenters. The molecule has 0 atom stereocenters. The molecule has 0 fully saturated rings. The van der Waals surface area contributed by atoms with Crippen LogP contribution in [0.15, 0.2) is 53.6 Å². The molecule has 5 nitrogen and oxygen atoms in total. The van der Waals surface area contributed by atoms with E-state index in [1.54, 1.807) is 42.7 Å². The van der Waals surface area contributed by atoms with Crippen molar-refractivity contribution in [2.75, 3.05) is 5.84 Å². The zero-order valence-electron chi connectivity index (χ0n) is 9.45. The fourth-order valence-corrected chi connectivity index (χ4v) is 1.85. The Morgan fingerprint density at radius 1 is 1.06 bits per heavy atom. The molecular formula is C13H10N4O. The Balaban J connectivity index is 2.38. The van der Waals surface area contributed by atoms with Crippen LogP contribution in [-0.4, -0.2) is 14.6 Å². The minimum Gasteiger partial charge on any atom is -0.334 e. The summed E-state index contributed by atoms with van der Waals surface area (Å²) in [7, 11) is 0. The Hall–Kier alpha value is -2.69. The van der Waals surface area contributed by atoms with Crippen LogP contribution in [0.25, 0.3) is 22.3 Å². The van der Waals surface area contributed by atoms with Gasteiger partial charge in [-0.2, -0.15) is 0 Å².